The zero-order valence-corrected chi connectivity index (χ0v) is 10.4. The van der Waals surface area contributed by atoms with Gasteiger partial charge >= 0.3 is 0 Å². The number of hydrogen-bond donors (Lipinski definition) is 3. The summed E-state index contributed by atoms with van der Waals surface area (Å²) in [6.07, 6.45) is 1.42. The second-order valence-corrected chi connectivity index (χ2v) is 4.21. The van der Waals surface area contributed by atoms with Gasteiger partial charge in [-0.15, -0.1) is 0 Å². The van der Waals surface area contributed by atoms with Crippen molar-refractivity contribution in [2.45, 2.75) is 0 Å². The summed E-state index contributed by atoms with van der Waals surface area (Å²) in [6.45, 7) is 0. The molecular formula is C12H10ClFN4O. The molecule has 0 unspecified atom stereocenters. The summed E-state index contributed by atoms with van der Waals surface area (Å²) >= 11 is 5.75. The van der Waals surface area contributed by atoms with Crippen molar-refractivity contribution in [3.05, 3.63) is 46.9 Å². The van der Waals surface area contributed by atoms with E-state index in [1.165, 1.54) is 18.3 Å². The van der Waals surface area contributed by atoms with Crippen LogP contribution in [0, 0.1) is 5.82 Å². The minimum absolute atomic E-state index is 0.0786. The van der Waals surface area contributed by atoms with Crippen LogP contribution in [-0.2, 0) is 0 Å². The fourth-order valence-corrected chi connectivity index (χ4v) is 1.60. The van der Waals surface area contributed by atoms with Crippen molar-refractivity contribution in [1.82, 2.24) is 4.98 Å². The highest BCUT2D eigenvalue weighted by Gasteiger charge is 2.14. The fourth-order valence-electron chi connectivity index (χ4n) is 1.44. The lowest BCUT2D eigenvalue weighted by atomic mass is 10.1. The van der Waals surface area contributed by atoms with Crippen molar-refractivity contribution in [3.8, 4) is 0 Å². The van der Waals surface area contributed by atoms with Crippen LogP contribution in [0.4, 0.5) is 21.6 Å². The number of aromatic nitrogens is 1. The Morgan fingerprint density at radius 1 is 1.26 bits per heavy atom. The molecule has 19 heavy (non-hydrogen) atoms. The van der Waals surface area contributed by atoms with Gasteiger partial charge in [0.2, 0.25) is 0 Å². The highest BCUT2D eigenvalue weighted by Crippen LogP contribution is 2.21. The van der Waals surface area contributed by atoms with E-state index < -0.39 is 11.7 Å². The molecule has 0 aliphatic carbocycles. The Morgan fingerprint density at radius 3 is 2.63 bits per heavy atom. The van der Waals surface area contributed by atoms with Gasteiger partial charge in [0.1, 0.15) is 11.6 Å². The van der Waals surface area contributed by atoms with Crippen LogP contribution in [0.15, 0.2) is 30.5 Å². The first-order chi connectivity index (χ1) is 8.97. The molecule has 2 aromatic rings. The van der Waals surface area contributed by atoms with Gasteiger partial charge in [0.05, 0.1) is 16.9 Å². The van der Waals surface area contributed by atoms with Gasteiger partial charge in [0, 0.05) is 11.2 Å². The molecule has 0 spiro atoms. The molecule has 1 heterocycles. The topological polar surface area (TPSA) is 94.0 Å². The van der Waals surface area contributed by atoms with Crippen LogP contribution in [0.2, 0.25) is 5.02 Å². The minimum atomic E-state index is -0.758. The molecule has 2 rings (SSSR count). The van der Waals surface area contributed by atoms with Crippen LogP contribution in [0.3, 0.4) is 0 Å². The summed E-state index contributed by atoms with van der Waals surface area (Å²) in [6, 6.07) is 5.16. The SMILES string of the molecule is Nc1cc(F)c(C(=O)Nc2cc(Cl)ccn2)cc1N. The molecule has 98 valence electrons. The summed E-state index contributed by atoms with van der Waals surface area (Å²) in [5.41, 5.74) is 11.0. The Balaban J connectivity index is 2.28. The lowest BCUT2D eigenvalue weighted by Crippen LogP contribution is -2.15. The maximum absolute atomic E-state index is 13.6. The maximum atomic E-state index is 13.6. The number of amides is 1. The number of rotatable bonds is 2. The Bertz CT molecular complexity index is 648. The summed E-state index contributed by atoms with van der Waals surface area (Å²) in [5, 5.41) is 2.82. The fraction of sp³-hybridized carbons (Fsp3) is 0. The first-order valence-electron chi connectivity index (χ1n) is 5.25. The average molecular weight is 281 g/mol. The van der Waals surface area contributed by atoms with E-state index in [1.54, 1.807) is 6.07 Å². The largest absolute Gasteiger partial charge is 0.397 e. The van der Waals surface area contributed by atoms with Gasteiger partial charge in [-0.05, 0) is 24.3 Å². The number of benzene rings is 1. The van der Waals surface area contributed by atoms with Crippen molar-refractivity contribution in [3.63, 3.8) is 0 Å². The Kier molecular flexibility index (Phi) is 3.52. The lowest BCUT2D eigenvalue weighted by molar-refractivity contribution is 0.102. The van der Waals surface area contributed by atoms with E-state index in [4.69, 9.17) is 23.1 Å². The molecule has 7 heteroatoms. The van der Waals surface area contributed by atoms with Crippen molar-refractivity contribution in [2.75, 3.05) is 16.8 Å². The van der Waals surface area contributed by atoms with Crippen molar-refractivity contribution in [1.29, 1.82) is 0 Å². The van der Waals surface area contributed by atoms with Crippen LogP contribution in [-0.4, -0.2) is 10.9 Å². The number of nitrogens with one attached hydrogen (secondary N) is 1. The predicted molar refractivity (Wildman–Crippen MR) is 72.4 cm³/mol. The molecule has 0 aliphatic rings. The lowest BCUT2D eigenvalue weighted by Gasteiger charge is -2.08. The summed E-state index contributed by atoms with van der Waals surface area (Å²) in [4.78, 5) is 15.8. The van der Waals surface area contributed by atoms with Crippen LogP contribution in [0.25, 0.3) is 0 Å². The molecule has 5 nitrogen and oxygen atoms in total. The first-order valence-corrected chi connectivity index (χ1v) is 5.62. The highest BCUT2D eigenvalue weighted by molar-refractivity contribution is 6.30. The summed E-state index contributed by atoms with van der Waals surface area (Å²) in [5.74, 6) is -1.22. The quantitative estimate of drug-likeness (QED) is 0.736. The Hall–Kier alpha value is -2.34. The molecule has 0 fully saturated rings. The van der Waals surface area contributed by atoms with Gasteiger partial charge in [0.25, 0.3) is 5.91 Å². The summed E-state index contributed by atoms with van der Waals surface area (Å²) in [7, 11) is 0. The third-order valence-corrected chi connectivity index (χ3v) is 2.62. The average Bonchev–Trinajstić information content (AvgIpc) is 2.33. The second-order valence-electron chi connectivity index (χ2n) is 3.77. The third-order valence-electron chi connectivity index (χ3n) is 2.38. The molecule has 1 amide bonds. The summed E-state index contributed by atoms with van der Waals surface area (Å²) < 4.78 is 13.6. The molecule has 0 atom stereocenters. The molecular weight excluding hydrogens is 271 g/mol. The number of hydrogen-bond acceptors (Lipinski definition) is 4. The van der Waals surface area contributed by atoms with Crippen LogP contribution < -0.4 is 16.8 Å². The van der Waals surface area contributed by atoms with Gasteiger partial charge in [-0.2, -0.15) is 0 Å². The standard InChI is InChI=1S/C12H10ClFN4O/c13-6-1-2-17-11(3-6)18-12(19)7-4-9(15)10(16)5-8(7)14/h1-5H,15-16H2,(H,17,18,19). The van der Waals surface area contributed by atoms with Gasteiger partial charge in [-0.1, -0.05) is 11.6 Å². The first kappa shape index (κ1) is 13.1. The molecule has 0 aliphatic heterocycles. The van der Waals surface area contributed by atoms with E-state index in [1.807, 2.05) is 0 Å². The number of pyridine rings is 1. The van der Waals surface area contributed by atoms with Gasteiger partial charge in [-0.25, -0.2) is 9.37 Å². The molecule has 0 bridgehead atoms. The number of anilines is 3. The number of nitrogen functional groups attached to an aromatic ring is 2. The molecule has 1 aromatic carbocycles. The number of nitrogens with zero attached hydrogens (tertiary/aromatic N) is 1. The molecule has 0 radical (unpaired) electrons. The predicted octanol–water partition coefficient (Wildman–Crippen LogP) is 2.29. The van der Waals surface area contributed by atoms with Crippen LogP contribution in [0.1, 0.15) is 10.4 Å². The smallest absolute Gasteiger partial charge is 0.259 e. The minimum Gasteiger partial charge on any atom is -0.397 e. The number of carbonyl (C=O) groups excluding carboxylic acids is 1. The third kappa shape index (κ3) is 2.92. The van der Waals surface area contributed by atoms with Crippen LogP contribution in [0.5, 0.6) is 0 Å². The Morgan fingerprint density at radius 2 is 1.95 bits per heavy atom. The molecule has 0 saturated heterocycles. The van der Waals surface area contributed by atoms with E-state index in [9.17, 15) is 9.18 Å². The van der Waals surface area contributed by atoms with E-state index in [0.29, 0.717) is 5.02 Å². The van der Waals surface area contributed by atoms with Gasteiger partial charge < -0.3 is 16.8 Å². The second kappa shape index (κ2) is 5.11. The maximum Gasteiger partial charge on any atom is 0.259 e. The normalized spacial score (nSPS) is 10.2. The van der Waals surface area contributed by atoms with E-state index in [-0.39, 0.29) is 22.8 Å². The van der Waals surface area contributed by atoms with Crippen molar-refractivity contribution < 1.29 is 9.18 Å². The van der Waals surface area contributed by atoms with Gasteiger partial charge in [-0.3, -0.25) is 4.79 Å². The number of carbonyl (C=O) groups is 1. The Labute approximate surface area is 113 Å². The van der Waals surface area contributed by atoms with Gasteiger partial charge in [0.15, 0.2) is 0 Å². The van der Waals surface area contributed by atoms with Crippen molar-refractivity contribution >= 4 is 34.7 Å². The molecule has 1 aromatic heterocycles. The zero-order chi connectivity index (χ0) is 14.0. The van der Waals surface area contributed by atoms with E-state index in [0.717, 1.165) is 6.07 Å². The van der Waals surface area contributed by atoms with Crippen LogP contribution >= 0.6 is 11.6 Å². The number of nitrogens with two attached hydrogens (primary N) is 2. The molecule has 0 saturated carbocycles. The van der Waals surface area contributed by atoms with E-state index >= 15 is 0 Å². The highest BCUT2D eigenvalue weighted by atomic mass is 35.5. The monoisotopic (exact) mass is 280 g/mol. The van der Waals surface area contributed by atoms with Crippen molar-refractivity contribution in [2.24, 2.45) is 0 Å². The van der Waals surface area contributed by atoms with E-state index in [2.05, 4.69) is 10.3 Å². The molecule has 5 N–H and O–H groups in total. The zero-order valence-electron chi connectivity index (χ0n) is 9.65. The number of halogens is 2.